The second-order valence-electron chi connectivity index (χ2n) is 5.76. The molecule has 0 aromatic carbocycles. The molecule has 1 aliphatic heterocycles. The highest BCUT2D eigenvalue weighted by atomic mass is 15.3. The molecule has 4 heteroatoms. The molecule has 0 radical (unpaired) electrons. The van der Waals surface area contributed by atoms with Crippen molar-refractivity contribution in [2.45, 2.75) is 26.4 Å². The normalized spacial score (nSPS) is 19.7. The molecule has 3 rings (SSSR count). The van der Waals surface area contributed by atoms with Crippen molar-refractivity contribution in [1.29, 1.82) is 0 Å². The topological polar surface area (TPSA) is 32.3 Å². The number of anilines is 1. The highest BCUT2D eigenvalue weighted by Crippen LogP contribution is 2.19. The first-order valence-electron chi connectivity index (χ1n) is 7.54. The lowest BCUT2D eigenvalue weighted by molar-refractivity contribution is 0.180. The van der Waals surface area contributed by atoms with Crippen LogP contribution in [0.15, 0.2) is 42.7 Å². The molecular formula is C17H22N4. The van der Waals surface area contributed by atoms with E-state index >= 15 is 0 Å². The van der Waals surface area contributed by atoms with Gasteiger partial charge in [-0.05, 0) is 43.7 Å². The number of hydrogen-bond acceptors (Lipinski definition) is 4. The fourth-order valence-corrected chi connectivity index (χ4v) is 2.87. The first-order chi connectivity index (χ1) is 10.2. The van der Waals surface area contributed by atoms with E-state index in [0.717, 1.165) is 37.7 Å². The van der Waals surface area contributed by atoms with Crippen LogP contribution in [0.25, 0.3) is 0 Å². The average Bonchev–Trinajstić information content (AvgIpc) is 2.50. The molecule has 2 aromatic rings. The maximum absolute atomic E-state index is 4.64. The standard InChI is InChI=1S/C17H22N4/c1-14-4-3-5-17(19-14)21-11-10-20(15(2)12-21)13-16-6-8-18-9-7-16/h3-9,15H,10-13H2,1-2H3/t15-/m1/s1. The van der Waals surface area contributed by atoms with Gasteiger partial charge < -0.3 is 4.90 Å². The highest BCUT2D eigenvalue weighted by Gasteiger charge is 2.24. The zero-order valence-electron chi connectivity index (χ0n) is 12.7. The van der Waals surface area contributed by atoms with Crippen LogP contribution in [-0.4, -0.2) is 40.5 Å². The summed E-state index contributed by atoms with van der Waals surface area (Å²) in [7, 11) is 0. The average molecular weight is 282 g/mol. The van der Waals surface area contributed by atoms with Crippen LogP contribution in [0.3, 0.4) is 0 Å². The zero-order chi connectivity index (χ0) is 14.7. The molecule has 0 bridgehead atoms. The maximum Gasteiger partial charge on any atom is 0.128 e. The molecule has 4 nitrogen and oxygen atoms in total. The van der Waals surface area contributed by atoms with Gasteiger partial charge in [0.25, 0.3) is 0 Å². The minimum Gasteiger partial charge on any atom is -0.354 e. The summed E-state index contributed by atoms with van der Waals surface area (Å²) in [5.41, 5.74) is 2.42. The summed E-state index contributed by atoms with van der Waals surface area (Å²) in [6.45, 7) is 8.47. The Hall–Kier alpha value is -1.94. The monoisotopic (exact) mass is 282 g/mol. The molecule has 2 aromatic heterocycles. The first-order valence-corrected chi connectivity index (χ1v) is 7.54. The van der Waals surface area contributed by atoms with Gasteiger partial charge in [0.2, 0.25) is 0 Å². The molecule has 0 amide bonds. The van der Waals surface area contributed by atoms with E-state index in [1.807, 2.05) is 25.4 Å². The van der Waals surface area contributed by atoms with Gasteiger partial charge in [-0.1, -0.05) is 6.07 Å². The van der Waals surface area contributed by atoms with Crippen LogP contribution in [0.4, 0.5) is 5.82 Å². The Labute approximate surface area is 126 Å². The van der Waals surface area contributed by atoms with E-state index in [9.17, 15) is 0 Å². The molecule has 1 saturated heterocycles. The van der Waals surface area contributed by atoms with E-state index in [0.29, 0.717) is 6.04 Å². The third kappa shape index (κ3) is 3.39. The number of aromatic nitrogens is 2. The fraction of sp³-hybridized carbons (Fsp3) is 0.412. The van der Waals surface area contributed by atoms with Gasteiger partial charge in [0.15, 0.2) is 0 Å². The largest absolute Gasteiger partial charge is 0.354 e. The van der Waals surface area contributed by atoms with Crippen molar-refractivity contribution in [3.8, 4) is 0 Å². The summed E-state index contributed by atoms with van der Waals surface area (Å²) in [5.74, 6) is 1.10. The van der Waals surface area contributed by atoms with Crippen molar-refractivity contribution in [1.82, 2.24) is 14.9 Å². The SMILES string of the molecule is Cc1cccc(N2CCN(Cc3ccncc3)[C@H](C)C2)n1. The van der Waals surface area contributed by atoms with Crippen LogP contribution in [0.5, 0.6) is 0 Å². The van der Waals surface area contributed by atoms with Crippen molar-refractivity contribution in [2.24, 2.45) is 0 Å². The number of aryl methyl sites for hydroxylation is 1. The fourth-order valence-electron chi connectivity index (χ4n) is 2.87. The van der Waals surface area contributed by atoms with Crippen LogP contribution >= 0.6 is 0 Å². The van der Waals surface area contributed by atoms with E-state index < -0.39 is 0 Å². The van der Waals surface area contributed by atoms with Crippen LogP contribution in [0, 0.1) is 6.92 Å². The Balaban J connectivity index is 1.64. The smallest absolute Gasteiger partial charge is 0.128 e. The Morgan fingerprint density at radius 1 is 1.14 bits per heavy atom. The zero-order valence-corrected chi connectivity index (χ0v) is 12.7. The predicted molar refractivity (Wildman–Crippen MR) is 85.3 cm³/mol. The van der Waals surface area contributed by atoms with Crippen LogP contribution in [-0.2, 0) is 6.54 Å². The Morgan fingerprint density at radius 3 is 2.67 bits per heavy atom. The second kappa shape index (κ2) is 6.22. The Morgan fingerprint density at radius 2 is 1.95 bits per heavy atom. The highest BCUT2D eigenvalue weighted by molar-refractivity contribution is 5.40. The van der Waals surface area contributed by atoms with E-state index in [1.165, 1.54) is 5.56 Å². The molecule has 1 aliphatic rings. The Kier molecular flexibility index (Phi) is 4.15. The summed E-state index contributed by atoms with van der Waals surface area (Å²) >= 11 is 0. The lowest BCUT2D eigenvalue weighted by Crippen LogP contribution is -2.51. The van der Waals surface area contributed by atoms with Crippen LogP contribution in [0.2, 0.25) is 0 Å². The van der Waals surface area contributed by atoms with Gasteiger partial charge in [-0.15, -0.1) is 0 Å². The lowest BCUT2D eigenvalue weighted by Gasteiger charge is -2.40. The quantitative estimate of drug-likeness (QED) is 0.866. The molecule has 21 heavy (non-hydrogen) atoms. The van der Waals surface area contributed by atoms with Crippen LogP contribution in [0.1, 0.15) is 18.2 Å². The second-order valence-corrected chi connectivity index (χ2v) is 5.76. The number of hydrogen-bond donors (Lipinski definition) is 0. The molecule has 1 atom stereocenters. The van der Waals surface area contributed by atoms with E-state index in [1.54, 1.807) is 0 Å². The van der Waals surface area contributed by atoms with Gasteiger partial charge in [-0.3, -0.25) is 9.88 Å². The minimum atomic E-state index is 0.522. The van der Waals surface area contributed by atoms with Gasteiger partial charge in [-0.25, -0.2) is 4.98 Å². The van der Waals surface area contributed by atoms with Crippen molar-refractivity contribution in [3.05, 3.63) is 54.0 Å². The molecule has 1 fully saturated rings. The first kappa shape index (κ1) is 14.0. The molecule has 110 valence electrons. The summed E-state index contributed by atoms with van der Waals surface area (Å²) in [4.78, 5) is 13.6. The van der Waals surface area contributed by atoms with E-state index in [4.69, 9.17) is 0 Å². The molecule has 0 aliphatic carbocycles. The minimum absolute atomic E-state index is 0.522. The number of nitrogens with zero attached hydrogens (tertiary/aromatic N) is 4. The van der Waals surface area contributed by atoms with Gasteiger partial charge in [0.05, 0.1) is 0 Å². The maximum atomic E-state index is 4.64. The molecule has 0 saturated carbocycles. The number of piperazine rings is 1. The third-order valence-electron chi connectivity index (χ3n) is 4.10. The van der Waals surface area contributed by atoms with Crippen molar-refractivity contribution in [3.63, 3.8) is 0 Å². The van der Waals surface area contributed by atoms with Gasteiger partial charge in [0, 0.05) is 50.3 Å². The summed E-state index contributed by atoms with van der Waals surface area (Å²) < 4.78 is 0. The predicted octanol–water partition coefficient (Wildman–Crippen LogP) is 2.50. The van der Waals surface area contributed by atoms with Crippen LogP contribution < -0.4 is 4.90 Å². The lowest BCUT2D eigenvalue weighted by atomic mass is 10.1. The van der Waals surface area contributed by atoms with Crippen molar-refractivity contribution in [2.75, 3.05) is 24.5 Å². The molecule has 0 spiro atoms. The molecular weight excluding hydrogens is 260 g/mol. The summed E-state index contributed by atoms with van der Waals surface area (Å²) in [6, 6.07) is 11.0. The molecule has 3 heterocycles. The number of pyridine rings is 2. The Bertz CT molecular complexity index is 584. The van der Waals surface area contributed by atoms with Gasteiger partial charge >= 0.3 is 0 Å². The van der Waals surface area contributed by atoms with E-state index in [-0.39, 0.29) is 0 Å². The van der Waals surface area contributed by atoms with Gasteiger partial charge in [0.1, 0.15) is 5.82 Å². The van der Waals surface area contributed by atoms with Gasteiger partial charge in [-0.2, -0.15) is 0 Å². The summed E-state index contributed by atoms with van der Waals surface area (Å²) in [6.07, 6.45) is 3.74. The number of rotatable bonds is 3. The third-order valence-corrected chi connectivity index (χ3v) is 4.10. The summed E-state index contributed by atoms with van der Waals surface area (Å²) in [5, 5.41) is 0. The van der Waals surface area contributed by atoms with Crippen molar-refractivity contribution >= 4 is 5.82 Å². The molecule has 0 N–H and O–H groups in total. The van der Waals surface area contributed by atoms with E-state index in [2.05, 4.69) is 51.0 Å². The van der Waals surface area contributed by atoms with Crippen molar-refractivity contribution < 1.29 is 0 Å². The molecule has 0 unspecified atom stereocenters.